The van der Waals surface area contributed by atoms with Crippen LogP contribution >= 0.6 is 11.6 Å². The number of nitrogens with zero attached hydrogens (tertiary/aromatic N) is 1. The number of carbonyl (C=O) groups is 1. The zero-order chi connectivity index (χ0) is 12.3. The first-order valence-corrected chi connectivity index (χ1v) is 6.76. The van der Waals surface area contributed by atoms with Crippen LogP contribution in [0.3, 0.4) is 0 Å². The summed E-state index contributed by atoms with van der Waals surface area (Å²) in [5, 5.41) is 0. The number of amides is 1. The molecule has 0 aromatic carbocycles. The van der Waals surface area contributed by atoms with Crippen LogP contribution in [0.1, 0.15) is 46.5 Å². The van der Waals surface area contributed by atoms with E-state index in [4.69, 9.17) is 11.6 Å². The topological polar surface area (TPSA) is 20.3 Å². The summed E-state index contributed by atoms with van der Waals surface area (Å²) in [5.41, 5.74) is 0.148. The van der Waals surface area contributed by atoms with Crippen molar-refractivity contribution in [2.45, 2.75) is 52.5 Å². The first-order valence-electron chi connectivity index (χ1n) is 6.23. The second kappa shape index (κ2) is 5.39. The molecule has 1 aliphatic carbocycles. The molecule has 0 spiro atoms. The second-order valence-corrected chi connectivity index (χ2v) is 6.05. The van der Waals surface area contributed by atoms with Gasteiger partial charge in [0.1, 0.15) is 0 Å². The Morgan fingerprint density at radius 2 is 2.12 bits per heavy atom. The fourth-order valence-electron chi connectivity index (χ4n) is 2.52. The van der Waals surface area contributed by atoms with Gasteiger partial charge in [-0.3, -0.25) is 4.79 Å². The summed E-state index contributed by atoms with van der Waals surface area (Å²) in [7, 11) is 1.88. The Hall–Kier alpha value is -0.240. The number of carbonyl (C=O) groups excluding carboxylic acids is 1. The van der Waals surface area contributed by atoms with Gasteiger partial charge in [-0.25, -0.2) is 0 Å². The van der Waals surface area contributed by atoms with Crippen LogP contribution in [0.4, 0.5) is 0 Å². The summed E-state index contributed by atoms with van der Waals surface area (Å²) in [5.74, 6) is 0.963. The molecule has 94 valence electrons. The molecule has 1 saturated carbocycles. The molecule has 0 heterocycles. The van der Waals surface area contributed by atoms with Gasteiger partial charge in [0.2, 0.25) is 5.91 Å². The van der Waals surface area contributed by atoms with Gasteiger partial charge < -0.3 is 4.90 Å². The highest BCUT2D eigenvalue weighted by atomic mass is 35.5. The highest BCUT2D eigenvalue weighted by Gasteiger charge is 2.39. The molecule has 0 aromatic rings. The molecule has 2 atom stereocenters. The van der Waals surface area contributed by atoms with Crippen LogP contribution < -0.4 is 0 Å². The maximum atomic E-state index is 12.4. The monoisotopic (exact) mass is 245 g/mol. The molecule has 1 rings (SSSR count). The predicted octanol–water partition coefficient (Wildman–Crippen LogP) is 3.29. The van der Waals surface area contributed by atoms with Crippen molar-refractivity contribution in [3.05, 3.63) is 0 Å². The van der Waals surface area contributed by atoms with E-state index in [1.165, 1.54) is 12.8 Å². The maximum Gasteiger partial charge on any atom is 0.226 e. The highest BCUT2D eigenvalue weighted by molar-refractivity contribution is 6.18. The summed E-state index contributed by atoms with van der Waals surface area (Å²) in [6.45, 7) is 6.43. The van der Waals surface area contributed by atoms with E-state index >= 15 is 0 Å². The lowest BCUT2D eigenvalue weighted by Gasteiger charge is -2.40. The Balaban J connectivity index is 2.71. The van der Waals surface area contributed by atoms with Gasteiger partial charge in [-0.15, -0.1) is 11.6 Å². The van der Waals surface area contributed by atoms with E-state index in [9.17, 15) is 4.79 Å². The Bertz CT molecular complexity index is 252. The molecule has 0 saturated heterocycles. The van der Waals surface area contributed by atoms with Crippen LogP contribution in [0.25, 0.3) is 0 Å². The van der Waals surface area contributed by atoms with Crippen molar-refractivity contribution in [2.24, 2.45) is 11.3 Å². The van der Waals surface area contributed by atoms with Crippen molar-refractivity contribution in [1.29, 1.82) is 0 Å². The molecule has 1 amide bonds. The minimum Gasteiger partial charge on any atom is -0.342 e. The van der Waals surface area contributed by atoms with E-state index in [-0.39, 0.29) is 23.3 Å². The summed E-state index contributed by atoms with van der Waals surface area (Å²) in [6, 6.07) is 0.131. The highest BCUT2D eigenvalue weighted by Crippen LogP contribution is 2.41. The van der Waals surface area contributed by atoms with Crippen LogP contribution in [0.15, 0.2) is 0 Å². The minimum absolute atomic E-state index is 0.131. The van der Waals surface area contributed by atoms with Crippen molar-refractivity contribution in [1.82, 2.24) is 4.90 Å². The number of hydrogen-bond donors (Lipinski definition) is 0. The SMILES string of the molecule is CC(CCl)N(C)C(=O)C1CCCCC1(C)C. The molecule has 1 fully saturated rings. The molecule has 0 aromatic heterocycles. The van der Waals surface area contributed by atoms with Crippen LogP contribution in [-0.4, -0.2) is 29.8 Å². The minimum atomic E-state index is 0.131. The van der Waals surface area contributed by atoms with E-state index in [0.29, 0.717) is 5.88 Å². The van der Waals surface area contributed by atoms with Crippen molar-refractivity contribution >= 4 is 17.5 Å². The molecule has 1 aliphatic rings. The molecule has 0 radical (unpaired) electrons. The van der Waals surface area contributed by atoms with E-state index in [2.05, 4.69) is 13.8 Å². The smallest absolute Gasteiger partial charge is 0.226 e. The Morgan fingerprint density at radius 1 is 1.50 bits per heavy atom. The van der Waals surface area contributed by atoms with Gasteiger partial charge in [-0.1, -0.05) is 26.7 Å². The van der Waals surface area contributed by atoms with Gasteiger partial charge in [-0.05, 0) is 25.2 Å². The Labute approximate surface area is 104 Å². The standard InChI is InChI=1S/C13H24ClNO/c1-10(9-14)15(4)12(16)11-7-5-6-8-13(11,2)3/h10-11H,5-9H2,1-4H3. The fraction of sp³-hybridized carbons (Fsp3) is 0.923. The van der Waals surface area contributed by atoms with Crippen molar-refractivity contribution in [3.8, 4) is 0 Å². The zero-order valence-corrected chi connectivity index (χ0v) is 11.7. The second-order valence-electron chi connectivity index (χ2n) is 5.74. The molecule has 2 unspecified atom stereocenters. The normalized spacial score (nSPS) is 26.2. The zero-order valence-electron chi connectivity index (χ0n) is 10.9. The summed E-state index contributed by atoms with van der Waals surface area (Å²) in [4.78, 5) is 14.2. The third-order valence-electron chi connectivity index (χ3n) is 4.04. The first-order chi connectivity index (χ1) is 7.40. The molecular formula is C13H24ClNO. The van der Waals surface area contributed by atoms with Gasteiger partial charge in [-0.2, -0.15) is 0 Å². The molecular weight excluding hydrogens is 222 g/mol. The molecule has 0 aliphatic heterocycles. The predicted molar refractivity (Wildman–Crippen MR) is 68.7 cm³/mol. The largest absolute Gasteiger partial charge is 0.342 e. The molecule has 3 heteroatoms. The molecule has 0 N–H and O–H groups in total. The van der Waals surface area contributed by atoms with Crippen molar-refractivity contribution in [2.75, 3.05) is 12.9 Å². The van der Waals surface area contributed by atoms with Gasteiger partial charge in [0.15, 0.2) is 0 Å². The number of hydrogen-bond acceptors (Lipinski definition) is 1. The van der Waals surface area contributed by atoms with E-state index in [1.807, 2.05) is 18.9 Å². The van der Waals surface area contributed by atoms with Gasteiger partial charge in [0.25, 0.3) is 0 Å². The van der Waals surface area contributed by atoms with Crippen LogP contribution in [0.5, 0.6) is 0 Å². The number of alkyl halides is 1. The van der Waals surface area contributed by atoms with Crippen LogP contribution in [0, 0.1) is 11.3 Å². The lowest BCUT2D eigenvalue weighted by atomic mass is 9.68. The third kappa shape index (κ3) is 2.91. The van der Waals surface area contributed by atoms with Crippen molar-refractivity contribution in [3.63, 3.8) is 0 Å². The molecule has 16 heavy (non-hydrogen) atoms. The fourth-order valence-corrected chi connectivity index (χ4v) is 2.73. The number of halogens is 1. The molecule has 0 bridgehead atoms. The van der Waals surface area contributed by atoms with E-state index in [0.717, 1.165) is 12.8 Å². The molecule has 2 nitrogen and oxygen atoms in total. The average molecular weight is 246 g/mol. The van der Waals surface area contributed by atoms with Gasteiger partial charge >= 0.3 is 0 Å². The summed E-state index contributed by atoms with van der Waals surface area (Å²) < 4.78 is 0. The Kier molecular flexibility index (Phi) is 4.66. The van der Waals surface area contributed by atoms with E-state index < -0.39 is 0 Å². The van der Waals surface area contributed by atoms with Gasteiger partial charge in [0, 0.05) is 24.9 Å². The van der Waals surface area contributed by atoms with Crippen molar-refractivity contribution < 1.29 is 4.79 Å². The van der Waals surface area contributed by atoms with Gasteiger partial charge in [0.05, 0.1) is 0 Å². The lowest BCUT2D eigenvalue weighted by molar-refractivity contribution is -0.141. The summed E-state index contributed by atoms with van der Waals surface area (Å²) in [6.07, 6.45) is 4.63. The maximum absolute atomic E-state index is 12.4. The lowest BCUT2D eigenvalue weighted by Crippen LogP contribution is -2.45. The first kappa shape index (κ1) is 13.8. The van der Waals surface area contributed by atoms with Crippen LogP contribution in [-0.2, 0) is 4.79 Å². The third-order valence-corrected chi connectivity index (χ3v) is 4.48. The average Bonchev–Trinajstić information content (AvgIpc) is 2.25. The quantitative estimate of drug-likeness (QED) is 0.699. The van der Waals surface area contributed by atoms with E-state index in [1.54, 1.807) is 0 Å². The summed E-state index contributed by atoms with van der Waals surface area (Å²) >= 11 is 5.81. The Morgan fingerprint density at radius 3 is 2.62 bits per heavy atom. The van der Waals surface area contributed by atoms with Crippen LogP contribution in [0.2, 0.25) is 0 Å². The number of rotatable bonds is 3.